The smallest absolute Gasteiger partial charge is 0.336 e. The quantitative estimate of drug-likeness (QED) is 0.875. The summed E-state index contributed by atoms with van der Waals surface area (Å²) in [6.07, 6.45) is -0.312. The molecular weight excluding hydrogens is 312 g/mol. The Morgan fingerprint density at radius 2 is 1.62 bits per heavy atom. The molecular formula is C15H11ClO4S. The first-order chi connectivity index (χ1) is 9.95. The van der Waals surface area contributed by atoms with E-state index in [1.54, 1.807) is 18.2 Å². The average molecular weight is 323 g/mol. The van der Waals surface area contributed by atoms with Crippen LogP contribution in [-0.2, 0) is 11.2 Å². The second-order valence-corrected chi connectivity index (χ2v) is 5.83. The van der Waals surface area contributed by atoms with E-state index in [1.807, 2.05) is 12.1 Å². The van der Waals surface area contributed by atoms with Gasteiger partial charge in [-0.15, -0.1) is 0 Å². The van der Waals surface area contributed by atoms with Crippen LogP contribution in [0, 0.1) is 0 Å². The summed E-state index contributed by atoms with van der Waals surface area (Å²) >= 11 is 7.19. The molecule has 0 fully saturated rings. The molecule has 0 amide bonds. The molecule has 0 saturated heterocycles. The highest BCUT2D eigenvalue weighted by Crippen LogP contribution is 2.30. The van der Waals surface area contributed by atoms with Gasteiger partial charge in [0.25, 0.3) is 0 Å². The Hall–Kier alpha value is -1.98. The zero-order valence-electron chi connectivity index (χ0n) is 10.7. The lowest BCUT2D eigenvalue weighted by atomic mass is 10.1. The summed E-state index contributed by atoms with van der Waals surface area (Å²) in [7, 11) is 0. The molecule has 0 spiro atoms. The van der Waals surface area contributed by atoms with Gasteiger partial charge in [-0.2, -0.15) is 0 Å². The summed E-state index contributed by atoms with van der Waals surface area (Å²) in [6, 6.07) is 11.9. The number of carboxylic acids is 2. The van der Waals surface area contributed by atoms with Crippen molar-refractivity contribution in [3.05, 3.63) is 58.6 Å². The molecule has 2 N–H and O–H groups in total. The predicted octanol–water partition coefficient (Wildman–Crippen LogP) is 3.82. The van der Waals surface area contributed by atoms with Crippen molar-refractivity contribution in [3.63, 3.8) is 0 Å². The lowest BCUT2D eigenvalue weighted by molar-refractivity contribution is -0.136. The molecule has 2 aromatic carbocycles. The Balaban J connectivity index is 2.29. The minimum absolute atomic E-state index is 0.0105. The molecule has 0 radical (unpaired) electrons. The molecule has 0 heterocycles. The summed E-state index contributed by atoms with van der Waals surface area (Å²) < 4.78 is 0. The van der Waals surface area contributed by atoms with Gasteiger partial charge < -0.3 is 10.2 Å². The largest absolute Gasteiger partial charge is 0.481 e. The Kier molecular flexibility index (Phi) is 4.88. The van der Waals surface area contributed by atoms with E-state index in [-0.39, 0.29) is 17.5 Å². The van der Waals surface area contributed by atoms with Gasteiger partial charge >= 0.3 is 11.9 Å². The molecule has 0 aromatic heterocycles. The van der Waals surface area contributed by atoms with Gasteiger partial charge in [-0.05, 0) is 42.0 Å². The number of aliphatic carboxylic acids is 1. The predicted molar refractivity (Wildman–Crippen MR) is 80.3 cm³/mol. The van der Waals surface area contributed by atoms with Crippen LogP contribution in [0.25, 0.3) is 0 Å². The number of carbonyl (C=O) groups is 2. The van der Waals surface area contributed by atoms with Gasteiger partial charge in [-0.3, -0.25) is 4.79 Å². The van der Waals surface area contributed by atoms with Gasteiger partial charge in [-0.25, -0.2) is 4.79 Å². The number of hydrogen-bond donors (Lipinski definition) is 2. The fourth-order valence-corrected chi connectivity index (χ4v) is 2.76. The van der Waals surface area contributed by atoms with Crippen LogP contribution < -0.4 is 0 Å². The normalized spacial score (nSPS) is 10.3. The third kappa shape index (κ3) is 4.24. The van der Waals surface area contributed by atoms with E-state index in [4.69, 9.17) is 16.7 Å². The highest BCUT2D eigenvalue weighted by atomic mass is 35.5. The number of benzene rings is 2. The Morgan fingerprint density at radius 1 is 1.00 bits per heavy atom. The topological polar surface area (TPSA) is 74.6 Å². The maximum atomic E-state index is 11.2. The third-order valence-electron chi connectivity index (χ3n) is 2.70. The van der Waals surface area contributed by atoms with Crippen LogP contribution >= 0.6 is 23.4 Å². The van der Waals surface area contributed by atoms with Gasteiger partial charge in [0.05, 0.1) is 12.0 Å². The number of rotatable bonds is 5. The van der Waals surface area contributed by atoms with Crippen molar-refractivity contribution < 1.29 is 19.8 Å². The molecule has 21 heavy (non-hydrogen) atoms. The Bertz CT molecular complexity index is 683. The lowest BCUT2D eigenvalue weighted by Gasteiger charge is -2.07. The first-order valence-corrected chi connectivity index (χ1v) is 7.16. The molecule has 0 aliphatic carbocycles. The summed E-state index contributed by atoms with van der Waals surface area (Å²) in [6.45, 7) is 0. The van der Waals surface area contributed by atoms with Crippen LogP contribution in [0.2, 0.25) is 5.02 Å². The number of halogens is 1. The minimum Gasteiger partial charge on any atom is -0.481 e. The molecule has 2 aromatic rings. The molecule has 0 aliphatic heterocycles. The minimum atomic E-state index is -1.13. The molecule has 0 bridgehead atoms. The Labute approximate surface area is 130 Å². The first-order valence-electron chi connectivity index (χ1n) is 5.97. The SMILES string of the molecule is O=C(O)Cc1ccc(Sc2ccc(Cl)cc2)cc1C(=O)O. The van der Waals surface area contributed by atoms with E-state index < -0.39 is 11.9 Å². The number of aromatic carboxylic acids is 1. The van der Waals surface area contributed by atoms with Crippen molar-refractivity contribution >= 4 is 35.3 Å². The van der Waals surface area contributed by atoms with E-state index in [0.29, 0.717) is 5.02 Å². The van der Waals surface area contributed by atoms with Crippen molar-refractivity contribution in [1.82, 2.24) is 0 Å². The summed E-state index contributed by atoms with van der Waals surface area (Å²) in [4.78, 5) is 23.6. The molecule has 2 rings (SSSR count). The summed E-state index contributed by atoms with van der Waals surface area (Å²) in [5.74, 6) is -2.19. The highest BCUT2D eigenvalue weighted by Gasteiger charge is 2.14. The molecule has 0 aliphatic rings. The van der Waals surface area contributed by atoms with Gasteiger partial charge in [0.2, 0.25) is 0 Å². The lowest BCUT2D eigenvalue weighted by Crippen LogP contribution is -2.07. The van der Waals surface area contributed by atoms with Crippen LogP contribution in [0.4, 0.5) is 0 Å². The molecule has 0 unspecified atom stereocenters. The van der Waals surface area contributed by atoms with Crippen molar-refractivity contribution in [2.75, 3.05) is 0 Å². The maximum Gasteiger partial charge on any atom is 0.336 e. The first kappa shape index (κ1) is 15.4. The average Bonchev–Trinajstić information content (AvgIpc) is 2.42. The fraction of sp³-hybridized carbons (Fsp3) is 0.0667. The monoisotopic (exact) mass is 322 g/mol. The van der Waals surface area contributed by atoms with Gasteiger partial charge in [0, 0.05) is 14.8 Å². The van der Waals surface area contributed by atoms with Crippen LogP contribution in [0.1, 0.15) is 15.9 Å². The standard InChI is InChI=1S/C15H11ClO4S/c16-10-2-5-11(6-3-10)21-12-4-1-9(7-14(17)18)13(8-12)15(19)20/h1-6,8H,7H2,(H,17,18)(H,19,20). The van der Waals surface area contributed by atoms with Gasteiger partial charge in [-0.1, -0.05) is 29.4 Å². The molecule has 0 saturated carbocycles. The van der Waals surface area contributed by atoms with Crippen LogP contribution in [0.15, 0.2) is 52.3 Å². The zero-order valence-corrected chi connectivity index (χ0v) is 12.3. The molecule has 4 nitrogen and oxygen atoms in total. The van der Waals surface area contributed by atoms with E-state index in [1.165, 1.54) is 23.9 Å². The number of hydrogen-bond acceptors (Lipinski definition) is 3. The Morgan fingerprint density at radius 3 is 2.19 bits per heavy atom. The fourth-order valence-electron chi connectivity index (χ4n) is 1.77. The van der Waals surface area contributed by atoms with E-state index in [9.17, 15) is 14.7 Å². The van der Waals surface area contributed by atoms with Crippen molar-refractivity contribution in [3.8, 4) is 0 Å². The van der Waals surface area contributed by atoms with E-state index in [2.05, 4.69) is 0 Å². The van der Waals surface area contributed by atoms with E-state index >= 15 is 0 Å². The molecule has 6 heteroatoms. The second-order valence-electron chi connectivity index (χ2n) is 4.25. The molecule has 0 atom stereocenters. The van der Waals surface area contributed by atoms with Crippen molar-refractivity contribution in [1.29, 1.82) is 0 Å². The zero-order chi connectivity index (χ0) is 15.4. The van der Waals surface area contributed by atoms with Crippen molar-refractivity contribution in [2.45, 2.75) is 16.2 Å². The molecule has 108 valence electrons. The van der Waals surface area contributed by atoms with Gasteiger partial charge in [0.15, 0.2) is 0 Å². The number of carboxylic acid groups (broad SMARTS) is 2. The maximum absolute atomic E-state index is 11.2. The van der Waals surface area contributed by atoms with Crippen LogP contribution in [0.3, 0.4) is 0 Å². The second kappa shape index (κ2) is 6.65. The van der Waals surface area contributed by atoms with Crippen LogP contribution in [-0.4, -0.2) is 22.2 Å². The van der Waals surface area contributed by atoms with Crippen LogP contribution in [0.5, 0.6) is 0 Å². The summed E-state index contributed by atoms with van der Waals surface area (Å²) in [5, 5.41) is 18.6. The third-order valence-corrected chi connectivity index (χ3v) is 3.95. The van der Waals surface area contributed by atoms with E-state index in [0.717, 1.165) is 9.79 Å². The highest BCUT2D eigenvalue weighted by molar-refractivity contribution is 7.99. The van der Waals surface area contributed by atoms with Crippen molar-refractivity contribution in [2.24, 2.45) is 0 Å². The van der Waals surface area contributed by atoms with Gasteiger partial charge in [0.1, 0.15) is 0 Å². The summed E-state index contributed by atoms with van der Waals surface area (Å²) in [5.41, 5.74) is 0.298.